The number of fused-ring (bicyclic) bond motifs is 1. The molecule has 3 heteroatoms. The highest BCUT2D eigenvalue weighted by atomic mass is 16.4. The molecule has 2 saturated carbocycles. The minimum atomic E-state index is -0.658. The summed E-state index contributed by atoms with van der Waals surface area (Å²) in [5.74, 6) is -0.193. The van der Waals surface area contributed by atoms with E-state index in [9.17, 15) is 14.7 Å². The summed E-state index contributed by atoms with van der Waals surface area (Å²) in [6.45, 7) is 10.3. The molecule has 0 bridgehead atoms. The quantitative estimate of drug-likeness (QED) is 0.476. The van der Waals surface area contributed by atoms with Crippen molar-refractivity contribution in [2.24, 2.45) is 22.7 Å². The van der Waals surface area contributed by atoms with Crippen molar-refractivity contribution < 1.29 is 14.7 Å². The molecule has 122 valence electrons. The van der Waals surface area contributed by atoms with Crippen molar-refractivity contribution in [1.82, 2.24) is 0 Å². The van der Waals surface area contributed by atoms with E-state index in [0.717, 1.165) is 50.4 Å². The zero-order valence-electron chi connectivity index (χ0n) is 14.0. The van der Waals surface area contributed by atoms with E-state index in [1.807, 2.05) is 19.9 Å². The van der Waals surface area contributed by atoms with Crippen molar-refractivity contribution in [2.75, 3.05) is 0 Å². The molecule has 0 saturated heterocycles. The first-order chi connectivity index (χ1) is 10.3. The molecule has 2 rings (SSSR count). The molecule has 22 heavy (non-hydrogen) atoms. The van der Waals surface area contributed by atoms with E-state index in [1.165, 1.54) is 5.57 Å². The van der Waals surface area contributed by atoms with Crippen LogP contribution >= 0.6 is 0 Å². The van der Waals surface area contributed by atoms with Gasteiger partial charge in [-0.05, 0) is 68.8 Å². The monoisotopic (exact) mass is 304 g/mol. The molecule has 3 nitrogen and oxygen atoms in total. The number of aldehydes is 1. The predicted molar refractivity (Wildman–Crippen MR) is 87.5 cm³/mol. The summed E-state index contributed by atoms with van der Waals surface area (Å²) in [5.41, 5.74) is 1.31. The Labute approximate surface area is 133 Å². The Hall–Kier alpha value is -1.38. The highest BCUT2D eigenvalue weighted by molar-refractivity contribution is 5.75. The average molecular weight is 304 g/mol. The summed E-state index contributed by atoms with van der Waals surface area (Å²) in [7, 11) is 0. The fourth-order valence-corrected chi connectivity index (χ4v) is 4.99. The van der Waals surface area contributed by atoms with E-state index < -0.39 is 11.4 Å². The second kappa shape index (κ2) is 6.02. The lowest BCUT2D eigenvalue weighted by Gasteiger charge is -2.57. The molecule has 4 atom stereocenters. The molecule has 0 radical (unpaired) electrons. The van der Waals surface area contributed by atoms with Crippen molar-refractivity contribution in [2.45, 2.75) is 59.3 Å². The fraction of sp³-hybridized carbons (Fsp3) is 0.684. The van der Waals surface area contributed by atoms with Crippen molar-refractivity contribution in [3.63, 3.8) is 0 Å². The van der Waals surface area contributed by atoms with Crippen LogP contribution in [0.5, 0.6) is 0 Å². The summed E-state index contributed by atoms with van der Waals surface area (Å²) >= 11 is 0. The lowest BCUT2D eigenvalue weighted by atomic mass is 9.46. The van der Waals surface area contributed by atoms with Gasteiger partial charge < -0.3 is 5.11 Å². The lowest BCUT2D eigenvalue weighted by molar-refractivity contribution is -0.164. The maximum Gasteiger partial charge on any atom is 0.309 e. The summed E-state index contributed by atoms with van der Waals surface area (Å²) in [5, 5.41) is 9.78. The van der Waals surface area contributed by atoms with Crippen LogP contribution in [0.3, 0.4) is 0 Å². The SMILES string of the molecule is C=C1CCC2[C@](C)(CCC[C@]2(C)C(=O)O)[C@H]1C/C=C(\C)C=O. The molecule has 1 unspecified atom stereocenters. The zero-order chi connectivity index (χ0) is 16.5. The Bertz CT molecular complexity index is 519. The van der Waals surface area contributed by atoms with Gasteiger partial charge in [0, 0.05) is 0 Å². The van der Waals surface area contributed by atoms with Crippen LogP contribution in [0.1, 0.15) is 59.3 Å². The molecule has 0 aromatic carbocycles. The highest BCUT2D eigenvalue weighted by Gasteiger charge is 2.57. The molecule has 1 N–H and O–H groups in total. The van der Waals surface area contributed by atoms with Crippen LogP contribution in [0.25, 0.3) is 0 Å². The molecular formula is C19H28O3. The number of hydrogen-bond acceptors (Lipinski definition) is 2. The Kier molecular flexibility index (Phi) is 4.65. The molecular weight excluding hydrogens is 276 g/mol. The molecule has 0 amide bonds. The van der Waals surface area contributed by atoms with Gasteiger partial charge in [-0.1, -0.05) is 31.6 Å². The van der Waals surface area contributed by atoms with E-state index >= 15 is 0 Å². The van der Waals surface area contributed by atoms with Gasteiger partial charge in [0.05, 0.1) is 5.41 Å². The zero-order valence-corrected chi connectivity index (χ0v) is 14.0. The molecule has 2 fully saturated rings. The molecule has 0 heterocycles. The Morgan fingerprint density at radius 2 is 2.09 bits per heavy atom. The van der Waals surface area contributed by atoms with Crippen molar-refractivity contribution in [1.29, 1.82) is 0 Å². The van der Waals surface area contributed by atoms with E-state index in [4.69, 9.17) is 0 Å². The minimum absolute atomic E-state index is 0.0274. The van der Waals surface area contributed by atoms with Gasteiger partial charge in [-0.3, -0.25) is 9.59 Å². The number of rotatable bonds is 4. The molecule has 0 aromatic rings. The standard InChI is InChI=1S/C19H28O3/c1-13(12-20)6-8-15-14(2)7-9-16-18(15,3)10-5-11-19(16,4)17(21)22/h6,12,15-16H,2,5,7-11H2,1,3-4H3,(H,21,22)/b13-6+/t15-,16?,18+,19-/m0/s1. The molecule has 2 aliphatic carbocycles. The topological polar surface area (TPSA) is 54.4 Å². The third kappa shape index (κ3) is 2.66. The Balaban J connectivity index is 2.36. The van der Waals surface area contributed by atoms with Crippen molar-refractivity contribution >= 4 is 12.3 Å². The summed E-state index contributed by atoms with van der Waals surface area (Å²) in [6, 6.07) is 0. The number of allylic oxidation sites excluding steroid dienone is 3. The number of carboxylic acid groups (broad SMARTS) is 1. The number of carbonyl (C=O) groups is 2. The predicted octanol–water partition coefficient (Wildman–Crippen LogP) is 4.39. The van der Waals surface area contributed by atoms with E-state index in [1.54, 1.807) is 0 Å². The first kappa shape index (κ1) is 17.0. The molecule has 0 aliphatic heterocycles. The van der Waals surface area contributed by atoms with Gasteiger partial charge >= 0.3 is 5.97 Å². The Morgan fingerprint density at radius 1 is 1.41 bits per heavy atom. The third-order valence-corrected chi connectivity index (χ3v) is 6.37. The summed E-state index contributed by atoms with van der Waals surface area (Å²) in [4.78, 5) is 22.7. The van der Waals surface area contributed by atoms with Gasteiger partial charge in [0.25, 0.3) is 0 Å². The number of carboxylic acids is 1. The number of hydrogen-bond donors (Lipinski definition) is 1. The third-order valence-electron chi connectivity index (χ3n) is 6.37. The first-order valence-electron chi connectivity index (χ1n) is 8.28. The molecule has 0 aromatic heterocycles. The van der Waals surface area contributed by atoms with Gasteiger partial charge in [0.15, 0.2) is 0 Å². The van der Waals surface area contributed by atoms with Gasteiger partial charge in [-0.25, -0.2) is 0 Å². The van der Waals surface area contributed by atoms with Gasteiger partial charge in [0.1, 0.15) is 6.29 Å². The van der Waals surface area contributed by atoms with Crippen LogP contribution in [0.4, 0.5) is 0 Å². The normalized spacial score (nSPS) is 39.2. The highest BCUT2D eigenvalue weighted by Crippen LogP contribution is 2.61. The van der Waals surface area contributed by atoms with Gasteiger partial charge in [-0.2, -0.15) is 0 Å². The first-order valence-corrected chi connectivity index (χ1v) is 8.28. The van der Waals surface area contributed by atoms with Crippen LogP contribution in [0.15, 0.2) is 23.8 Å². The second-order valence-electron chi connectivity index (χ2n) is 7.69. The maximum atomic E-state index is 11.9. The van der Waals surface area contributed by atoms with E-state index in [0.29, 0.717) is 0 Å². The smallest absolute Gasteiger partial charge is 0.309 e. The van der Waals surface area contributed by atoms with Crippen molar-refractivity contribution in [3.8, 4) is 0 Å². The summed E-state index contributed by atoms with van der Waals surface area (Å²) < 4.78 is 0. The number of aliphatic carboxylic acids is 1. The van der Waals surface area contributed by atoms with Crippen LogP contribution < -0.4 is 0 Å². The fourth-order valence-electron chi connectivity index (χ4n) is 4.99. The van der Waals surface area contributed by atoms with Crippen LogP contribution in [0, 0.1) is 22.7 Å². The van der Waals surface area contributed by atoms with Gasteiger partial charge in [0.2, 0.25) is 0 Å². The van der Waals surface area contributed by atoms with E-state index in [-0.39, 0.29) is 17.3 Å². The van der Waals surface area contributed by atoms with Crippen LogP contribution in [0.2, 0.25) is 0 Å². The largest absolute Gasteiger partial charge is 0.481 e. The van der Waals surface area contributed by atoms with Gasteiger partial charge in [-0.15, -0.1) is 0 Å². The van der Waals surface area contributed by atoms with Crippen molar-refractivity contribution in [3.05, 3.63) is 23.8 Å². The maximum absolute atomic E-state index is 11.9. The molecule has 0 spiro atoms. The second-order valence-corrected chi connectivity index (χ2v) is 7.69. The number of carbonyl (C=O) groups excluding carboxylic acids is 1. The van der Waals surface area contributed by atoms with Crippen LogP contribution in [-0.2, 0) is 9.59 Å². The van der Waals surface area contributed by atoms with E-state index in [2.05, 4.69) is 13.5 Å². The Morgan fingerprint density at radius 3 is 2.68 bits per heavy atom. The van der Waals surface area contributed by atoms with Crippen LogP contribution in [-0.4, -0.2) is 17.4 Å². The minimum Gasteiger partial charge on any atom is -0.481 e. The molecule has 2 aliphatic rings. The lowest BCUT2D eigenvalue weighted by Crippen LogP contribution is -2.53. The average Bonchev–Trinajstić information content (AvgIpc) is 2.45. The summed E-state index contributed by atoms with van der Waals surface area (Å²) in [6.07, 6.45) is 8.27.